The van der Waals surface area contributed by atoms with Gasteiger partial charge < -0.3 is 14.2 Å². The first-order valence-electron chi connectivity index (χ1n) is 10.4. The predicted octanol–water partition coefficient (Wildman–Crippen LogP) is 5.78. The van der Waals surface area contributed by atoms with Crippen molar-refractivity contribution in [2.24, 2.45) is 5.92 Å². The highest BCUT2D eigenvalue weighted by atomic mass is 16.5. The van der Waals surface area contributed by atoms with Crippen LogP contribution in [0.3, 0.4) is 0 Å². The number of nitrogens with zero attached hydrogens (tertiary/aromatic N) is 1. The Balaban J connectivity index is 2.38. The lowest BCUT2D eigenvalue weighted by molar-refractivity contribution is -0.140. The number of ether oxygens (including phenoxy) is 3. The summed E-state index contributed by atoms with van der Waals surface area (Å²) in [5, 5.41) is 0. The van der Waals surface area contributed by atoms with Gasteiger partial charge >= 0.3 is 5.97 Å². The summed E-state index contributed by atoms with van der Waals surface area (Å²) in [7, 11) is 3.19. The second-order valence-electron chi connectivity index (χ2n) is 8.27. The van der Waals surface area contributed by atoms with Crippen molar-refractivity contribution < 1.29 is 19.0 Å². The van der Waals surface area contributed by atoms with Crippen molar-refractivity contribution in [1.29, 1.82) is 0 Å². The van der Waals surface area contributed by atoms with Crippen molar-refractivity contribution in [1.82, 2.24) is 0 Å². The minimum Gasteiger partial charge on any atom is -0.493 e. The fourth-order valence-electron chi connectivity index (χ4n) is 3.93. The van der Waals surface area contributed by atoms with Crippen LogP contribution in [0.4, 0.5) is 0 Å². The third-order valence-corrected chi connectivity index (χ3v) is 5.78. The number of hydrogen-bond acceptors (Lipinski definition) is 4. The molecule has 0 saturated carbocycles. The van der Waals surface area contributed by atoms with Gasteiger partial charge in [0.2, 0.25) is 0 Å². The number of fused-ring (bicyclic) bond motifs is 1. The lowest BCUT2D eigenvalue weighted by Gasteiger charge is -2.20. The number of unbranched alkanes of at least 4 members (excludes halogenated alkanes) is 1. The molecule has 1 aliphatic rings. The van der Waals surface area contributed by atoms with Crippen LogP contribution < -0.4 is 9.47 Å². The Morgan fingerprint density at radius 3 is 2.41 bits per heavy atom. The maximum atomic E-state index is 12.8. The number of esters is 1. The Kier molecular flexibility index (Phi) is 7.73. The van der Waals surface area contributed by atoms with Gasteiger partial charge in [0.25, 0.3) is 5.70 Å². The molecule has 158 valence electrons. The molecule has 0 fully saturated rings. The molecule has 5 heteroatoms. The number of rotatable bonds is 9. The van der Waals surface area contributed by atoms with E-state index >= 15 is 0 Å². The summed E-state index contributed by atoms with van der Waals surface area (Å²) < 4.78 is 16.5. The van der Waals surface area contributed by atoms with E-state index in [9.17, 15) is 4.79 Å². The number of methoxy groups -OCH3 is 2. The average Bonchev–Trinajstić information content (AvgIpc) is 2.97. The van der Waals surface area contributed by atoms with Crippen LogP contribution in [0.15, 0.2) is 17.8 Å². The number of allylic oxidation sites excluding steroid dienone is 1. The van der Waals surface area contributed by atoms with E-state index in [2.05, 4.69) is 32.5 Å². The highest BCUT2D eigenvalue weighted by Gasteiger charge is 2.37. The quantitative estimate of drug-likeness (QED) is 0.300. The maximum absolute atomic E-state index is 12.8. The molecule has 0 amide bonds. The molecule has 0 bridgehead atoms. The molecular formula is C24H33NO4. The monoisotopic (exact) mass is 399 g/mol. The van der Waals surface area contributed by atoms with Gasteiger partial charge in [-0.05, 0) is 53.0 Å². The fourth-order valence-corrected chi connectivity index (χ4v) is 3.93. The number of hydrogen-bond donors (Lipinski definition) is 0. The van der Waals surface area contributed by atoms with Gasteiger partial charge in [0, 0.05) is 0 Å². The predicted molar refractivity (Wildman–Crippen MR) is 115 cm³/mol. The van der Waals surface area contributed by atoms with E-state index in [0.29, 0.717) is 30.4 Å². The van der Waals surface area contributed by atoms with Gasteiger partial charge in [-0.3, -0.25) is 4.79 Å². The van der Waals surface area contributed by atoms with Gasteiger partial charge in [0.05, 0.1) is 27.4 Å². The van der Waals surface area contributed by atoms with E-state index in [4.69, 9.17) is 20.8 Å². The maximum Gasteiger partial charge on any atom is 0.336 e. The first kappa shape index (κ1) is 22.8. The van der Waals surface area contributed by atoms with Gasteiger partial charge in [-0.25, -0.2) is 4.85 Å². The van der Waals surface area contributed by atoms with Crippen molar-refractivity contribution in [3.63, 3.8) is 0 Å². The number of carbonyl (C=O) groups is 1. The molecule has 0 radical (unpaired) electrons. The van der Waals surface area contributed by atoms with Gasteiger partial charge in [0.1, 0.15) is 0 Å². The topological polar surface area (TPSA) is 49.1 Å². The van der Waals surface area contributed by atoms with Crippen molar-refractivity contribution in [2.45, 2.75) is 65.2 Å². The largest absolute Gasteiger partial charge is 0.493 e. The second-order valence-corrected chi connectivity index (χ2v) is 8.27. The van der Waals surface area contributed by atoms with E-state index in [-0.39, 0.29) is 11.1 Å². The molecule has 5 nitrogen and oxygen atoms in total. The summed E-state index contributed by atoms with van der Waals surface area (Å²) in [6.45, 7) is 16.5. The minimum absolute atomic E-state index is 0.0781. The smallest absolute Gasteiger partial charge is 0.336 e. The van der Waals surface area contributed by atoms with Gasteiger partial charge in [-0.1, -0.05) is 47.0 Å². The zero-order chi connectivity index (χ0) is 21.6. The van der Waals surface area contributed by atoms with Crippen LogP contribution in [0.2, 0.25) is 0 Å². The van der Waals surface area contributed by atoms with Crippen LogP contribution in [-0.2, 0) is 14.9 Å². The summed E-state index contributed by atoms with van der Waals surface area (Å²) in [5.41, 5.74) is 2.51. The standard InChI is InChI=1S/C24H33NO4/c1-8-10-11-16(9-2)15-29-23(26)22(25-5)18-14-24(3,4)19-13-21(28-7)20(27-6)12-17(18)19/h12-13,16H,8-11,14-15H2,1-4,6-7H3/b22-18+. The van der Waals surface area contributed by atoms with Crippen LogP contribution >= 0.6 is 0 Å². The van der Waals surface area contributed by atoms with Gasteiger partial charge in [-0.2, -0.15) is 0 Å². The molecule has 0 heterocycles. The molecule has 0 aliphatic heterocycles. The van der Waals surface area contributed by atoms with E-state index in [0.717, 1.165) is 42.4 Å². The number of carbonyl (C=O) groups excluding carboxylic acids is 1. The second kappa shape index (κ2) is 9.82. The number of benzene rings is 1. The lowest BCUT2D eigenvalue weighted by Crippen LogP contribution is -2.15. The first-order valence-corrected chi connectivity index (χ1v) is 10.4. The zero-order valence-corrected chi connectivity index (χ0v) is 18.6. The summed E-state index contributed by atoms with van der Waals surface area (Å²) in [6, 6.07) is 3.82. The van der Waals surface area contributed by atoms with Gasteiger partial charge in [0.15, 0.2) is 11.5 Å². The molecule has 2 rings (SSSR count). The lowest BCUT2D eigenvalue weighted by atomic mass is 9.86. The van der Waals surface area contributed by atoms with Crippen molar-refractivity contribution >= 4 is 11.5 Å². The van der Waals surface area contributed by atoms with E-state index < -0.39 is 5.97 Å². The average molecular weight is 400 g/mol. The fraction of sp³-hybridized carbons (Fsp3) is 0.583. The van der Waals surface area contributed by atoms with E-state index in [1.807, 2.05) is 12.1 Å². The molecule has 1 aromatic rings. The molecule has 29 heavy (non-hydrogen) atoms. The molecular weight excluding hydrogens is 366 g/mol. The molecule has 1 atom stereocenters. The Bertz CT molecular complexity index is 817. The minimum atomic E-state index is -0.525. The van der Waals surface area contributed by atoms with Crippen LogP contribution in [0.5, 0.6) is 11.5 Å². The SMILES string of the molecule is [C-]#[N+]/C(C(=O)OCC(CC)CCCC)=C1\CC(C)(C)c2cc(OC)c(OC)cc21. The molecule has 0 spiro atoms. The highest BCUT2D eigenvalue weighted by Crippen LogP contribution is 2.50. The summed E-state index contributed by atoms with van der Waals surface area (Å²) in [6.07, 6.45) is 4.84. The molecule has 0 N–H and O–H groups in total. The summed E-state index contributed by atoms with van der Waals surface area (Å²) in [4.78, 5) is 16.4. The van der Waals surface area contributed by atoms with Gasteiger partial charge in [-0.15, -0.1) is 0 Å². The molecule has 1 unspecified atom stereocenters. The normalized spacial score (nSPS) is 17.1. The van der Waals surface area contributed by atoms with Crippen LogP contribution in [0, 0.1) is 12.5 Å². The van der Waals surface area contributed by atoms with Crippen LogP contribution in [0.1, 0.15) is 70.9 Å². The highest BCUT2D eigenvalue weighted by molar-refractivity contribution is 6.01. The Labute approximate surface area is 174 Å². The zero-order valence-electron chi connectivity index (χ0n) is 18.6. The summed E-state index contributed by atoms with van der Waals surface area (Å²) >= 11 is 0. The molecule has 1 aromatic carbocycles. The third-order valence-electron chi connectivity index (χ3n) is 5.78. The van der Waals surface area contributed by atoms with E-state index in [1.165, 1.54) is 0 Å². The van der Waals surface area contributed by atoms with Crippen molar-refractivity contribution in [3.05, 3.63) is 40.4 Å². The molecule has 1 aliphatic carbocycles. The summed E-state index contributed by atoms with van der Waals surface area (Å²) in [5.74, 6) is 1.05. The van der Waals surface area contributed by atoms with Crippen molar-refractivity contribution in [3.8, 4) is 11.5 Å². The molecule has 0 saturated heterocycles. The Morgan fingerprint density at radius 2 is 1.86 bits per heavy atom. The Morgan fingerprint density at radius 1 is 1.21 bits per heavy atom. The van der Waals surface area contributed by atoms with Crippen LogP contribution in [-0.4, -0.2) is 26.8 Å². The van der Waals surface area contributed by atoms with Crippen molar-refractivity contribution in [2.75, 3.05) is 20.8 Å². The first-order chi connectivity index (χ1) is 13.8. The Hall–Kier alpha value is -2.48. The third kappa shape index (κ3) is 4.93. The molecule has 0 aromatic heterocycles. The van der Waals surface area contributed by atoms with E-state index in [1.54, 1.807) is 14.2 Å². The van der Waals surface area contributed by atoms with Crippen LogP contribution in [0.25, 0.3) is 10.4 Å².